The number of para-hydroxylation sites is 2. The lowest BCUT2D eigenvalue weighted by Crippen LogP contribution is -2.38. The summed E-state index contributed by atoms with van der Waals surface area (Å²) in [6.45, 7) is 3.12. The van der Waals surface area contributed by atoms with Gasteiger partial charge in [-0.05, 0) is 18.2 Å². The molecule has 1 aliphatic rings. The predicted octanol–water partition coefficient (Wildman–Crippen LogP) is 1.14. The third-order valence-corrected chi connectivity index (χ3v) is 4.53. The van der Waals surface area contributed by atoms with E-state index in [1.54, 1.807) is 30.5 Å². The lowest BCUT2D eigenvalue weighted by Gasteiger charge is -2.29. The van der Waals surface area contributed by atoms with Gasteiger partial charge in [-0.1, -0.05) is 18.2 Å². The van der Waals surface area contributed by atoms with Gasteiger partial charge in [0.15, 0.2) is 5.58 Å². The summed E-state index contributed by atoms with van der Waals surface area (Å²) in [6.07, 6.45) is 1.74. The van der Waals surface area contributed by atoms with Crippen LogP contribution in [-0.4, -0.2) is 41.8 Å². The van der Waals surface area contributed by atoms with Crippen LogP contribution in [0, 0.1) is 0 Å². The molecule has 3 heterocycles. The van der Waals surface area contributed by atoms with E-state index >= 15 is 0 Å². The minimum absolute atomic E-state index is 0.0942. The first-order valence-corrected chi connectivity index (χ1v) is 8.84. The zero-order chi connectivity index (χ0) is 18.6. The van der Waals surface area contributed by atoms with Crippen molar-refractivity contribution >= 4 is 22.8 Å². The molecule has 0 unspecified atom stereocenters. The molecule has 0 spiro atoms. The molecule has 1 aliphatic heterocycles. The molecule has 0 saturated carbocycles. The van der Waals surface area contributed by atoms with Gasteiger partial charge in [-0.2, -0.15) is 0 Å². The maximum Gasteiger partial charge on any atom is 0.420 e. The van der Waals surface area contributed by atoms with Crippen LogP contribution in [-0.2, 0) is 22.6 Å². The molecule has 1 saturated heterocycles. The number of hydrogen-bond acceptors (Lipinski definition) is 6. The topological polar surface area (TPSA) is 89.6 Å². The Balaban J connectivity index is 1.45. The summed E-state index contributed by atoms with van der Waals surface area (Å²) in [7, 11) is 0. The summed E-state index contributed by atoms with van der Waals surface area (Å²) in [6, 6.07) is 10.8. The minimum Gasteiger partial charge on any atom is -0.408 e. The van der Waals surface area contributed by atoms with Crippen molar-refractivity contribution in [3.63, 3.8) is 0 Å². The van der Waals surface area contributed by atoms with Crippen LogP contribution >= 0.6 is 0 Å². The number of rotatable bonds is 5. The molecule has 0 radical (unpaired) electrons. The number of aromatic nitrogens is 2. The molecule has 2 aromatic heterocycles. The lowest BCUT2D eigenvalue weighted by molar-refractivity contribution is -0.121. The zero-order valence-corrected chi connectivity index (χ0v) is 14.8. The van der Waals surface area contributed by atoms with Gasteiger partial charge in [0.25, 0.3) is 0 Å². The molecule has 4 rings (SSSR count). The van der Waals surface area contributed by atoms with Crippen molar-refractivity contribution in [2.24, 2.45) is 0 Å². The molecule has 0 atom stereocenters. The maximum atomic E-state index is 12.4. The summed E-state index contributed by atoms with van der Waals surface area (Å²) in [5.41, 5.74) is 2.00. The van der Waals surface area contributed by atoms with E-state index in [2.05, 4.69) is 15.2 Å². The molecule has 0 aliphatic carbocycles. The molecule has 8 heteroatoms. The van der Waals surface area contributed by atoms with Gasteiger partial charge >= 0.3 is 5.76 Å². The van der Waals surface area contributed by atoms with E-state index in [1.165, 1.54) is 4.57 Å². The van der Waals surface area contributed by atoms with Crippen LogP contribution in [0.2, 0.25) is 0 Å². The Morgan fingerprint density at radius 2 is 1.96 bits per heavy atom. The Morgan fingerprint density at radius 3 is 2.81 bits per heavy atom. The largest absolute Gasteiger partial charge is 0.420 e. The van der Waals surface area contributed by atoms with E-state index in [0.29, 0.717) is 30.9 Å². The average Bonchev–Trinajstić information content (AvgIpc) is 3.02. The fourth-order valence-corrected chi connectivity index (χ4v) is 3.19. The van der Waals surface area contributed by atoms with Gasteiger partial charge in [0.05, 0.1) is 18.7 Å². The van der Waals surface area contributed by atoms with Gasteiger partial charge in [0, 0.05) is 31.4 Å². The van der Waals surface area contributed by atoms with Crippen LogP contribution in [0.5, 0.6) is 0 Å². The van der Waals surface area contributed by atoms with E-state index in [1.807, 2.05) is 12.1 Å². The third-order valence-electron chi connectivity index (χ3n) is 4.53. The van der Waals surface area contributed by atoms with E-state index in [4.69, 9.17) is 9.15 Å². The van der Waals surface area contributed by atoms with E-state index in [0.717, 1.165) is 24.5 Å². The SMILES string of the molecule is O=C(Cn1c(=O)oc2ccccc21)NCc1cccnc1N1CCOCC1. The van der Waals surface area contributed by atoms with E-state index in [9.17, 15) is 9.59 Å². The number of nitrogens with zero attached hydrogens (tertiary/aromatic N) is 3. The van der Waals surface area contributed by atoms with Crippen molar-refractivity contribution in [1.82, 2.24) is 14.9 Å². The molecular weight excluding hydrogens is 348 g/mol. The second-order valence-corrected chi connectivity index (χ2v) is 6.28. The number of ether oxygens (including phenoxy) is 1. The van der Waals surface area contributed by atoms with Crippen LogP contribution in [0.4, 0.5) is 5.82 Å². The number of oxazole rings is 1. The third kappa shape index (κ3) is 3.70. The second-order valence-electron chi connectivity index (χ2n) is 6.28. The highest BCUT2D eigenvalue weighted by Gasteiger charge is 2.17. The Bertz CT molecular complexity index is 1000. The summed E-state index contributed by atoms with van der Waals surface area (Å²) >= 11 is 0. The molecule has 0 bridgehead atoms. The smallest absolute Gasteiger partial charge is 0.408 e. The number of carbonyl (C=O) groups excluding carboxylic acids is 1. The van der Waals surface area contributed by atoms with Gasteiger partial charge in [-0.15, -0.1) is 0 Å². The van der Waals surface area contributed by atoms with Crippen LogP contribution in [0.1, 0.15) is 5.56 Å². The first-order chi connectivity index (χ1) is 13.2. The lowest BCUT2D eigenvalue weighted by atomic mass is 10.2. The molecule has 27 heavy (non-hydrogen) atoms. The molecule has 1 aromatic carbocycles. The maximum absolute atomic E-state index is 12.4. The van der Waals surface area contributed by atoms with Gasteiger partial charge in [-0.3, -0.25) is 9.36 Å². The number of morpholine rings is 1. The van der Waals surface area contributed by atoms with E-state index < -0.39 is 5.76 Å². The highest BCUT2D eigenvalue weighted by atomic mass is 16.5. The summed E-state index contributed by atoms with van der Waals surface area (Å²) in [4.78, 5) is 31.0. The fourth-order valence-electron chi connectivity index (χ4n) is 3.19. The zero-order valence-electron chi connectivity index (χ0n) is 14.8. The Hall–Kier alpha value is -3.13. The van der Waals surface area contributed by atoms with Crippen LogP contribution in [0.25, 0.3) is 11.1 Å². The van der Waals surface area contributed by atoms with E-state index in [-0.39, 0.29) is 12.5 Å². The van der Waals surface area contributed by atoms with Crippen molar-refractivity contribution in [1.29, 1.82) is 0 Å². The van der Waals surface area contributed by atoms with Gasteiger partial charge in [0.1, 0.15) is 12.4 Å². The van der Waals surface area contributed by atoms with Crippen molar-refractivity contribution in [2.45, 2.75) is 13.1 Å². The Morgan fingerprint density at radius 1 is 1.15 bits per heavy atom. The van der Waals surface area contributed by atoms with Gasteiger partial charge in [0.2, 0.25) is 5.91 Å². The van der Waals surface area contributed by atoms with Gasteiger partial charge < -0.3 is 19.4 Å². The predicted molar refractivity (Wildman–Crippen MR) is 99.6 cm³/mol. The standard InChI is InChI=1S/C19H20N4O4/c24-17(13-23-15-5-1-2-6-16(15)27-19(23)25)21-12-14-4-3-7-20-18(14)22-8-10-26-11-9-22/h1-7H,8-13H2,(H,21,24). The monoisotopic (exact) mass is 368 g/mol. The number of hydrogen-bond donors (Lipinski definition) is 1. The average molecular weight is 368 g/mol. The number of pyridine rings is 1. The molecule has 3 aromatic rings. The molecule has 1 amide bonds. The van der Waals surface area contributed by atoms with Crippen LogP contribution in [0.15, 0.2) is 51.8 Å². The molecule has 140 valence electrons. The second kappa shape index (κ2) is 7.63. The normalized spacial score (nSPS) is 14.4. The number of benzene rings is 1. The van der Waals surface area contributed by atoms with Crippen LogP contribution in [0.3, 0.4) is 0 Å². The molecule has 1 N–H and O–H groups in total. The minimum atomic E-state index is -0.540. The molecule has 8 nitrogen and oxygen atoms in total. The fraction of sp³-hybridized carbons (Fsp3) is 0.316. The highest BCUT2D eigenvalue weighted by Crippen LogP contribution is 2.18. The summed E-state index contributed by atoms with van der Waals surface area (Å²) in [5.74, 6) is 0.0502. The number of nitrogens with one attached hydrogen (secondary N) is 1. The van der Waals surface area contributed by atoms with Crippen molar-refractivity contribution in [2.75, 3.05) is 31.2 Å². The highest BCUT2D eigenvalue weighted by molar-refractivity contribution is 5.79. The number of amides is 1. The first-order valence-electron chi connectivity index (χ1n) is 8.84. The van der Waals surface area contributed by atoms with Crippen LogP contribution < -0.4 is 16.0 Å². The quantitative estimate of drug-likeness (QED) is 0.726. The Kier molecular flexibility index (Phi) is 4.88. The summed E-state index contributed by atoms with van der Waals surface area (Å²) < 4.78 is 11.9. The molecule has 1 fully saturated rings. The summed E-state index contributed by atoms with van der Waals surface area (Å²) in [5, 5.41) is 2.87. The van der Waals surface area contributed by atoms with Gasteiger partial charge in [-0.25, -0.2) is 9.78 Å². The number of anilines is 1. The number of carbonyl (C=O) groups is 1. The Labute approximate surface area is 155 Å². The van der Waals surface area contributed by atoms with Crippen molar-refractivity contribution < 1.29 is 13.9 Å². The molecular formula is C19H20N4O4. The number of fused-ring (bicyclic) bond motifs is 1. The van der Waals surface area contributed by atoms with Crippen molar-refractivity contribution in [3.05, 3.63) is 58.7 Å². The first kappa shape index (κ1) is 17.3. The van der Waals surface area contributed by atoms with Crippen molar-refractivity contribution in [3.8, 4) is 0 Å².